The summed E-state index contributed by atoms with van der Waals surface area (Å²) in [6.45, 7) is 8.96. The van der Waals surface area contributed by atoms with E-state index in [1.54, 1.807) is 0 Å². The lowest BCUT2D eigenvalue weighted by atomic mass is 9.79. The lowest BCUT2D eigenvalue weighted by Gasteiger charge is -2.32. The highest BCUT2D eigenvalue weighted by Gasteiger charge is 2.52. The summed E-state index contributed by atoms with van der Waals surface area (Å²) < 4.78 is 25.1. The Hall–Kier alpha value is -1.47. The van der Waals surface area contributed by atoms with Crippen LogP contribution in [0.15, 0.2) is 12.3 Å². The Balaban J connectivity index is 2.38. The van der Waals surface area contributed by atoms with Gasteiger partial charge in [-0.3, -0.25) is 4.79 Å². The van der Waals surface area contributed by atoms with Crippen molar-refractivity contribution in [3.63, 3.8) is 0 Å². The van der Waals surface area contributed by atoms with Gasteiger partial charge in [-0.1, -0.05) is 0 Å². The average molecular weight is 280 g/mol. The van der Waals surface area contributed by atoms with Crippen LogP contribution in [0.2, 0.25) is 0 Å². The van der Waals surface area contributed by atoms with Gasteiger partial charge in [0.05, 0.1) is 17.4 Å². The Morgan fingerprint density at radius 3 is 2.35 bits per heavy atom. The Bertz CT molecular complexity index is 532. The summed E-state index contributed by atoms with van der Waals surface area (Å²) in [5.41, 5.74) is -0.714. The zero-order valence-corrected chi connectivity index (χ0v) is 12.3. The summed E-state index contributed by atoms with van der Waals surface area (Å²) in [7, 11) is -0.773. The normalized spacial score (nSPS) is 20.0. The van der Waals surface area contributed by atoms with Crippen LogP contribution in [0.5, 0.6) is 0 Å². The number of amides is 1. The maximum atomic E-state index is 13.4. The van der Waals surface area contributed by atoms with E-state index in [1.807, 2.05) is 27.7 Å². The molecule has 1 amide bonds. The fourth-order valence-electron chi connectivity index (χ4n) is 1.88. The van der Waals surface area contributed by atoms with Gasteiger partial charge in [-0.2, -0.15) is 0 Å². The Morgan fingerprint density at radius 1 is 1.30 bits per heavy atom. The first-order valence-corrected chi connectivity index (χ1v) is 6.41. The summed E-state index contributed by atoms with van der Waals surface area (Å²) in [4.78, 5) is 15.1. The summed E-state index contributed by atoms with van der Waals surface area (Å²) >= 11 is 0. The molecule has 108 valence electrons. The Labute approximate surface area is 118 Å². The lowest BCUT2D eigenvalue weighted by Crippen LogP contribution is -2.41. The highest BCUT2D eigenvalue weighted by Crippen LogP contribution is 2.36. The highest BCUT2D eigenvalue weighted by molar-refractivity contribution is 6.63. The zero-order chi connectivity index (χ0) is 15.1. The van der Waals surface area contributed by atoms with Crippen molar-refractivity contribution in [2.45, 2.75) is 45.8 Å². The molecule has 1 aromatic heterocycles. The van der Waals surface area contributed by atoms with E-state index in [2.05, 4.69) is 10.3 Å². The van der Waals surface area contributed by atoms with E-state index in [1.165, 1.54) is 13.0 Å². The first kappa shape index (κ1) is 14.9. The van der Waals surface area contributed by atoms with Crippen molar-refractivity contribution in [1.82, 2.24) is 4.98 Å². The van der Waals surface area contributed by atoms with Gasteiger partial charge in [-0.25, -0.2) is 9.37 Å². The molecule has 1 fully saturated rings. The molecule has 0 atom stereocenters. The van der Waals surface area contributed by atoms with Crippen LogP contribution in [0.25, 0.3) is 0 Å². The number of hydrogen-bond donors (Lipinski definition) is 1. The standard InChI is InChI=1S/C13H18BFN2O3/c1-8(18)17-11-10(6-9(15)7-16-11)14-19-12(2,3)13(4,5)20-14/h6-7H,1-5H3,(H,16,17,18). The van der Waals surface area contributed by atoms with Crippen LogP contribution in [-0.4, -0.2) is 29.2 Å². The van der Waals surface area contributed by atoms with Crippen molar-refractivity contribution in [2.24, 2.45) is 0 Å². The molecular weight excluding hydrogens is 262 g/mol. The van der Waals surface area contributed by atoms with Gasteiger partial charge < -0.3 is 14.6 Å². The number of anilines is 1. The molecule has 2 rings (SSSR count). The Morgan fingerprint density at radius 2 is 1.85 bits per heavy atom. The molecule has 0 bridgehead atoms. The molecule has 0 spiro atoms. The van der Waals surface area contributed by atoms with Gasteiger partial charge in [0.2, 0.25) is 5.91 Å². The fraction of sp³-hybridized carbons (Fsp3) is 0.538. The molecule has 0 saturated carbocycles. The van der Waals surface area contributed by atoms with Crippen LogP contribution in [0, 0.1) is 5.82 Å². The summed E-state index contributed by atoms with van der Waals surface area (Å²) in [5.74, 6) is -0.553. The molecule has 1 aliphatic heterocycles. The number of halogens is 1. The molecule has 1 aliphatic rings. The average Bonchev–Trinajstić information content (AvgIpc) is 2.50. The summed E-state index contributed by atoms with van der Waals surface area (Å²) in [6.07, 6.45) is 1.04. The van der Waals surface area contributed by atoms with Crippen LogP contribution in [0.1, 0.15) is 34.6 Å². The molecule has 7 heteroatoms. The van der Waals surface area contributed by atoms with Gasteiger partial charge in [-0.05, 0) is 33.8 Å². The molecule has 1 N–H and O–H groups in total. The summed E-state index contributed by atoms with van der Waals surface area (Å²) in [5, 5.41) is 2.56. The first-order chi connectivity index (χ1) is 9.12. The van der Waals surface area contributed by atoms with Gasteiger partial charge in [0.25, 0.3) is 0 Å². The fourth-order valence-corrected chi connectivity index (χ4v) is 1.88. The molecule has 2 heterocycles. The maximum absolute atomic E-state index is 13.4. The van der Waals surface area contributed by atoms with Gasteiger partial charge in [-0.15, -0.1) is 0 Å². The van der Waals surface area contributed by atoms with Gasteiger partial charge >= 0.3 is 7.12 Å². The van der Waals surface area contributed by atoms with Crippen molar-refractivity contribution < 1.29 is 18.5 Å². The molecule has 5 nitrogen and oxygen atoms in total. The lowest BCUT2D eigenvalue weighted by molar-refractivity contribution is -0.114. The van der Waals surface area contributed by atoms with Crippen molar-refractivity contribution in [2.75, 3.05) is 5.32 Å². The van der Waals surface area contributed by atoms with E-state index in [-0.39, 0.29) is 11.7 Å². The SMILES string of the molecule is CC(=O)Nc1ncc(F)cc1B1OC(C)(C)C(C)(C)O1. The summed E-state index contributed by atoms with van der Waals surface area (Å²) in [6, 6.07) is 1.26. The van der Waals surface area contributed by atoms with E-state index in [0.29, 0.717) is 5.46 Å². The van der Waals surface area contributed by atoms with E-state index >= 15 is 0 Å². The van der Waals surface area contributed by atoms with Crippen molar-refractivity contribution >= 4 is 24.3 Å². The quantitative estimate of drug-likeness (QED) is 0.833. The van der Waals surface area contributed by atoms with Crippen LogP contribution in [-0.2, 0) is 14.1 Å². The molecule has 20 heavy (non-hydrogen) atoms. The second kappa shape index (κ2) is 4.82. The third kappa shape index (κ3) is 2.69. The molecule has 0 unspecified atom stereocenters. The van der Waals surface area contributed by atoms with Gasteiger partial charge in [0.1, 0.15) is 11.6 Å². The molecule has 1 saturated heterocycles. The highest BCUT2D eigenvalue weighted by atomic mass is 19.1. The molecule has 0 aliphatic carbocycles. The molecular formula is C13H18BFN2O3. The van der Waals surface area contributed by atoms with Crippen molar-refractivity contribution in [3.05, 3.63) is 18.1 Å². The molecule has 0 radical (unpaired) electrons. The van der Waals surface area contributed by atoms with Gasteiger partial charge in [0, 0.05) is 12.4 Å². The predicted octanol–water partition coefficient (Wildman–Crippen LogP) is 1.48. The number of pyridine rings is 1. The van der Waals surface area contributed by atoms with E-state index in [4.69, 9.17) is 9.31 Å². The van der Waals surface area contributed by atoms with Crippen molar-refractivity contribution in [1.29, 1.82) is 0 Å². The van der Waals surface area contributed by atoms with Crippen LogP contribution in [0.4, 0.5) is 10.2 Å². The smallest absolute Gasteiger partial charge is 0.399 e. The monoisotopic (exact) mass is 280 g/mol. The number of nitrogens with zero attached hydrogens (tertiary/aromatic N) is 1. The second-order valence-corrected chi connectivity index (χ2v) is 5.86. The minimum absolute atomic E-state index is 0.248. The van der Waals surface area contributed by atoms with Crippen LogP contribution < -0.4 is 10.8 Å². The number of aromatic nitrogens is 1. The number of carbonyl (C=O) groups is 1. The second-order valence-electron chi connectivity index (χ2n) is 5.86. The maximum Gasteiger partial charge on any atom is 0.498 e. The third-order valence-electron chi connectivity index (χ3n) is 3.69. The van der Waals surface area contributed by atoms with Crippen molar-refractivity contribution in [3.8, 4) is 0 Å². The van der Waals surface area contributed by atoms with Gasteiger partial charge in [0.15, 0.2) is 0 Å². The molecule has 1 aromatic rings. The van der Waals surface area contributed by atoms with E-state index < -0.39 is 24.1 Å². The number of carbonyl (C=O) groups excluding carboxylic acids is 1. The minimum Gasteiger partial charge on any atom is -0.399 e. The largest absolute Gasteiger partial charge is 0.498 e. The number of nitrogens with one attached hydrogen (secondary N) is 1. The third-order valence-corrected chi connectivity index (χ3v) is 3.69. The number of rotatable bonds is 2. The topological polar surface area (TPSA) is 60.5 Å². The first-order valence-electron chi connectivity index (χ1n) is 6.41. The van der Waals surface area contributed by atoms with Crippen LogP contribution >= 0.6 is 0 Å². The minimum atomic E-state index is -0.773. The van der Waals surface area contributed by atoms with E-state index in [0.717, 1.165) is 6.20 Å². The van der Waals surface area contributed by atoms with Crippen LogP contribution in [0.3, 0.4) is 0 Å². The zero-order valence-electron chi connectivity index (χ0n) is 12.3. The number of hydrogen-bond acceptors (Lipinski definition) is 4. The molecule has 0 aromatic carbocycles. The Kier molecular flexibility index (Phi) is 3.60. The van der Waals surface area contributed by atoms with E-state index in [9.17, 15) is 9.18 Å². The predicted molar refractivity (Wildman–Crippen MR) is 74.2 cm³/mol.